The van der Waals surface area contributed by atoms with Gasteiger partial charge in [-0.05, 0) is 49.7 Å². The van der Waals surface area contributed by atoms with Crippen LogP contribution in [0.1, 0.15) is 27.0 Å². The molecule has 0 saturated carbocycles. The summed E-state index contributed by atoms with van der Waals surface area (Å²) in [5.74, 6) is -0.647. The molecule has 0 aliphatic heterocycles. The van der Waals surface area contributed by atoms with Gasteiger partial charge in [-0.25, -0.2) is 0 Å². The number of aryl methyl sites for hydroxylation is 2. The summed E-state index contributed by atoms with van der Waals surface area (Å²) in [6.45, 7) is 3.76. The van der Waals surface area contributed by atoms with Crippen LogP contribution in [-0.4, -0.2) is 21.2 Å². The van der Waals surface area contributed by atoms with E-state index in [1.54, 1.807) is 28.8 Å². The Morgan fingerprint density at radius 3 is 2.48 bits per heavy atom. The first-order chi connectivity index (χ1) is 14.9. The van der Waals surface area contributed by atoms with Crippen molar-refractivity contribution in [3.63, 3.8) is 0 Å². The lowest BCUT2D eigenvalue weighted by Gasteiger charge is -2.14. The van der Waals surface area contributed by atoms with Crippen molar-refractivity contribution < 1.29 is 9.59 Å². The molecule has 0 spiro atoms. The summed E-state index contributed by atoms with van der Waals surface area (Å²) >= 11 is 0. The number of nitrogens with one attached hydrogen (secondary N) is 1. The largest absolute Gasteiger partial charge is 0.337 e. The molecular formula is C25H21N3O3. The van der Waals surface area contributed by atoms with E-state index in [9.17, 15) is 14.4 Å². The number of hydrogen-bond donors (Lipinski definition) is 1. The van der Waals surface area contributed by atoms with Gasteiger partial charge in [0, 0.05) is 35.2 Å². The number of ketones is 1. The quantitative estimate of drug-likeness (QED) is 0.505. The highest BCUT2D eigenvalue weighted by molar-refractivity contribution is 6.10. The number of carbonyl (C=O) groups excluding carboxylic acids is 2. The van der Waals surface area contributed by atoms with E-state index in [0.29, 0.717) is 16.5 Å². The molecule has 0 fully saturated rings. The zero-order chi connectivity index (χ0) is 22.0. The zero-order valence-corrected chi connectivity index (χ0v) is 17.3. The van der Waals surface area contributed by atoms with Crippen LogP contribution in [-0.2, 0) is 11.3 Å². The molecule has 0 aliphatic rings. The first-order valence-corrected chi connectivity index (χ1v) is 9.88. The van der Waals surface area contributed by atoms with Gasteiger partial charge >= 0.3 is 0 Å². The second kappa shape index (κ2) is 8.36. The average molecular weight is 411 g/mol. The average Bonchev–Trinajstić information content (AvgIpc) is 2.77. The van der Waals surface area contributed by atoms with Crippen molar-refractivity contribution >= 4 is 28.3 Å². The molecule has 0 bridgehead atoms. The maximum atomic E-state index is 13.1. The number of anilines is 1. The summed E-state index contributed by atoms with van der Waals surface area (Å²) in [5.41, 5.74) is 3.21. The molecule has 2 aromatic heterocycles. The lowest BCUT2D eigenvalue weighted by Crippen LogP contribution is -2.24. The Morgan fingerprint density at radius 2 is 1.74 bits per heavy atom. The van der Waals surface area contributed by atoms with E-state index in [-0.39, 0.29) is 23.4 Å². The van der Waals surface area contributed by atoms with Crippen LogP contribution < -0.4 is 10.7 Å². The van der Waals surface area contributed by atoms with Gasteiger partial charge in [-0.3, -0.25) is 19.4 Å². The maximum Gasteiger partial charge on any atom is 0.244 e. The molecule has 2 heterocycles. The van der Waals surface area contributed by atoms with Crippen molar-refractivity contribution in [2.24, 2.45) is 0 Å². The van der Waals surface area contributed by atoms with Crippen LogP contribution in [0.3, 0.4) is 0 Å². The van der Waals surface area contributed by atoms with Crippen LogP contribution in [0.4, 0.5) is 5.69 Å². The second-order valence-corrected chi connectivity index (χ2v) is 7.45. The van der Waals surface area contributed by atoms with Gasteiger partial charge in [0.05, 0.1) is 11.1 Å². The van der Waals surface area contributed by atoms with E-state index in [1.807, 2.05) is 44.2 Å². The van der Waals surface area contributed by atoms with Gasteiger partial charge in [0.25, 0.3) is 0 Å². The van der Waals surface area contributed by atoms with Crippen LogP contribution in [0.5, 0.6) is 0 Å². The van der Waals surface area contributed by atoms with Crippen molar-refractivity contribution in [2.75, 3.05) is 5.32 Å². The van der Waals surface area contributed by atoms with Gasteiger partial charge in [-0.2, -0.15) is 0 Å². The number of hydrogen-bond acceptors (Lipinski definition) is 4. The van der Waals surface area contributed by atoms with Crippen molar-refractivity contribution in [1.82, 2.24) is 9.55 Å². The molecule has 0 unspecified atom stereocenters. The number of para-hydroxylation sites is 1. The number of aromatic nitrogens is 2. The zero-order valence-electron chi connectivity index (χ0n) is 17.3. The Kier molecular flexibility index (Phi) is 5.45. The number of benzene rings is 2. The highest BCUT2D eigenvalue weighted by Crippen LogP contribution is 2.17. The number of amides is 1. The third-order valence-corrected chi connectivity index (χ3v) is 5.16. The molecule has 0 atom stereocenters. The van der Waals surface area contributed by atoms with Crippen LogP contribution in [0.15, 0.2) is 78.0 Å². The molecule has 154 valence electrons. The van der Waals surface area contributed by atoms with Crippen LogP contribution in [0.25, 0.3) is 10.9 Å². The first-order valence-electron chi connectivity index (χ1n) is 9.88. The standard InChI is InChI=1S/C25H21N3O3/c1-16-7-8-22-19(13-16)25(31)20(24(30)18-9-11-26-12-10-18)14-28(22)15-23(29)27-21-6-4-3-5-17(21)2/h3-14H,15H2,1-2H3,(H,27,29). The normalized spacial score (nSPS) is 10.8. The van der Waals surface area contributed by atoms with Gasteiger partial charge in [0.2, 0.25) is 11.3 Å². The Labute approximate surface area is 179 Å². The lowest BCUT2D eigenvalue weighted by atomic mass is 10.0. The van der Waals surface area contributed by atoms with Crippen LogP contribution >= 0.6 is 0 Å². The molecule has 4 rings (SSSR count). The summed E-state index contributed by atoms with van der Waals surface area (Å²) in [5, 5.41) is 3.30. The van der Waals surface area contributed by atoms with Gasteiger partial charge in [0.1, 0.15) is 6.54 Å². The SMILES string of the molecule is Cc1ccc2c(c1)c(=O)c(C(=O)c1ccncc1)cn2CC(=O)Nc1ccccc1C. The van der Waals surface area contributed by atoms with Crippen molar-refractivity contribution in [3.05, 3.63) is 106 Å². The van der Waals surface area contributed by atoms with E-state index in [0.717, 1.165) is 16.8 Å². The van der Waals surface area contributed by atoms with Crippen LogP contribution in [0.2, 0.25) is 0 Å². The minimum atomic E-state index is -0.399. The highest BCUT2D eigenvalue weighted by Gasteiger charge is 2.18. The molecule has 0 aliphatic carbocycles. The monoisotopic (exact) mass is 411 g/mol. The van der Waals surface area contributed by atoms with Gasteiger partial charge in [0.15, 0.2) is 5.78 Å². The van der Waals surface area contributed by atoms with Gasteiger partial charge in [-0.15, -0.1) is 0 Å². The van der Waals surface area contributed by atoms with Gasteiger partial charge in [-0.1, -0.05) is 29.8 Å². The summed E-state index contributed by atoms with van der Waals surface area (Å²) in [7, 11) is 0. The number of rotatable bonds is 5. The Balaban J connectivity index is 1.78. The molecule has 6 heteroatoms. The number of fused-ring (bicyclic) bond motifs is 1. The molecule has 0 saturated heterocycles. The van der Waals surface area contributed by atoms with Crippen LogP contribution in [0, 0.1) is 13.8 Å². The molecule has 1 N–H and O–H groups in total. The predicted molar refractivity (Wildman–Crippen MR) is 120 cm³/mol. The number of pyridine rings is 2. The van der Waals surface area contributed by atoms with Gasteiger partial charge < -0.3 is 9.88 Å². The van der Waals surface area contributed by atoms with E-state index in [4.69, 9.17) is 0 Å². The molecule has 6 nitrogen and oxygen atoms in total. The summed E-state index contributed by atoms with van der Waals surface area (Å²) in [6, 6.07) is 16.1. The molecule has 0 radical (unpaired) electrons. The fourth-order valence-corrected chi connectivity index (χ4v) is 3.52. The van der Waals surface area contributed by atoms with Crippen molar-refractivity contribution in [3.8, 4) is 0 Å². The molecule has 4 aromatic rings. The second-order valence-electron chi connectivity index (χ2n) is 7.45. The smallest absolute Gasteiger partial charge is 0.244 e. The predicted octanol–water partition coefficient (Wildman–Crippen LogP) is 3.88. The molecule has 1 amide bonds. The van der Waals surface area contributed by atoms with E-state index in [2.05, 4.69) is 10.3 Å². The van der Waals surface area contributed by atoms with E-state index < -0.39 is 5.78 Å². The fraction of sp³-hybridized carbons (Fsp3) is 0.120. The Bertz CT molecular complexity index is 1360. The topological polar surface area (TPSA) is 81.1 Å². The van der Waals surface area contributed by atoms with E-state index in [1.165, 1.54) is 18.6 Å². The summed E-state index contributed by atoms with van der Waals surface area (Å²) in [6.07, 6.45) is 4.49. The fourth-order valence-electron chi connectivity index (χ4n) is 3.52. The summed E-state index contributed by atoms with van der Waals surface area (Å²) < 4.78 is 1.65. The maximum absolute atomic E-state index is 13.1. The number of nitrogens with zero attached hydrogens (tertiary/aromatic N) is 2. The molecular weight excluding hydrogens is 390 g/mol. The lowest BCUT2D eigenvalue weighted by molar-refractivity contribution is -0.116. The highest BCUT2D eigenvalue weighted by atomic mass is 16.2. The third kappa shape index (κ3) is 4.14. The number of carbonyl (C=O) groups is 2. The Hall–Kier alpha value is -4.06. The summed E-state index contributed by atoms with van der Waals surface area (Å²) in [4.78, 5) is 42.8. The first kappa shape index (κ1) is 20.2. The third-order valence-electron chi connectivity index (χ3n) is 5.16. The minimum Gasteiger partial charge on any atom is -0.337 e. The minimum absolute atomic E-state index is 0.0213. The Morgan fingerprint density at radius 1 is 1.00 bits per heavy atom. The van der Waals surface area contributed by atoms with Crippen molar-refractivity contribution in [2.45, 2.75) is 20.4 Å². The molecule has 31 heavy (non-hydrogen) atoms. The van der Waals surface area contributed by atoms with Crippen molar-refractivity contribution in [1.29, 1.82) is 0 Å². The van der Waals surface area contributed by atoms with E-state index >= 15 is 0 Å². The molecule has 2 aromatic carbocycles.